The first kappa shape index (κ1) is 14.2. The highest BCUT2D eigenvalue weighted by atomic mass is 35.5. The lowest BCUT2D eigenvalue weighted by Gasteiger charge is -2.16. The van der Waals surface area contributed by atoms with Gasteiger partial charge in [-0.3, -0.25) is 4.79 Å². The highest BCUT2D eigenvalue weighted by molar-refractivity contribution is 7.21. The van der Waals surface area contributed by atoms with E-state index in [1.54, 1.807) is 0 Å². The van der Waals surface area contributed by atoms with Crippen molar-refractivity contribution in [1.29, 1.82) is 0 Å². The molecule has 2 saturated carbocycles. The van der Waals surface area contributed by atoms with E-state index in [0.29, 0.717) is 15.8 Å². The van der Waals surface area contributed by atoms with Crippen molar-refractivity contribution in [3.8, 4) is 0 Å². The average Bonchev–Trinajstić information content (AvgIpc) is 3.22. The molecule has 0 radical (unpaired) electrons. The Balaban J connectivity index is 1.46. The molecule has 0 spiro atoms. The summed E-state index contributed by atoms with van der Waals surface area (Å²) in [4.78, 5) is 12.8. The molecule has 0 aliphatic heterocycles. The molecule has 2 aliphatic rings. The zero-order chi connectivity index (χ0) is 15.1. The Morgan fingerprint density at radius 1 is 1.32 bits per heavy atom. The largest absolute Gasteiger partial charge is 0.282 e. The first-order chi connectivity index (χ1) is 10.7. The number of rotatable bonds is 3. The minimum Gasteiger partial charge on any atom is -0.266 e. The third-order valence-corrected chi connectivity index (χ3v) is 6.64. The molecule has 1 heterocycles. The third kappa shape index (κ3) is 2.44. The quantitative estimate of drug-likeness (QED) is 0.642. The summed E-state index contributed by atoms with van der Waals surface area (Å²) in [5.41, 5.74) is 2.64. The fourth-order valence-corrected chi connectivity index (χ4v) is 5.29. The Kier molecular flexibility index (Phi) is 3.66. The summed E-state index contributed by atoms with van der Waals surface area (Å²) in [6.45, 7) is 0. The van der Waals surface area contributed by atoms with Crippen molar-refractivity contribution >= 4 is 45.1 Å². The first-order valence-corrected chi connectivity index (χ1v) is 8.92. The average molecular weight is 333 g/mol. The maximum absolute atomic E-state index is 12.3. The van der Waals surface area contributed by atoms with Crippen LogP contribution >= 0.6 is 22.9 Å². The summed E-state index contributed by atoms with van der Waals surface area (Å²) in [6.07, 6.45) is 7.19. The van der Waals surface area contributed by atoms with Crippen molar-refractivity contribution in [2.75, 3.05) is 0 Å². The van der Waals surface area contributed by atoms with Gasteiger partial charge in [-0.25, -0.2) is 5.43 Å². The highest BCUT2D eigenvalue weighted by Gasteiger charge is 2.38. The van der Waals surface area contributed by atoms with Crippen LogP contribution in [0.25, 0.3) is 10.1 Å². The van der Waals surface area contributed by atoms with E-state index in [9.17, 15) is 4.79 Å². The van der Waals surface area contributed by atoms with Gasteiger partial charge in [0.1, 0.15) is 4.88 Å². The van der Waals surface area contributed by atoms with Crippen LogP contribution in [0.2, 0.25) is 5.02 Å². The number of carbonyl (C=O) groups is 1. The first-order valence-electron chi connectivity index (χ1n) is 7.73. The van der Waals surface area contributed by atoms with E-state index in [1.165, 1.54) is 37.0 Å². The lowest BCUT2D eigenvalue weighted by atomic mass is 9.90. The van der Waals surface area contributed by atoms with Gasteiger partial charge in [0.15, 0.2) is 0 Å². The zero-order valence-corrected chi connectivity index (χ0v) is 13.7. The Morgan fingerprint density at radius 2 is 2.18 bits per heavy atom. The highest BCUT2D eigenvalue weighted by Crippen LogP contribution is 2.47. The van der Waals surface area contributed by atoms with Gasteiger partial charge < -0.3 is 0 Å². The Bertz CT molecular complexity index is 754. The molecule has 1 N–H and O–H groups in total. The molecule has 1 aromatic heterocycles. The number of thiophene rings is 1. The molecule has 1 aromatic carbocycles. The van der Waals surface area contributed by atoms with Gasteiger partial charge in [0, 0.05) is 16.3 Å². The van der Waals surface area contributed by atoms with Crippen LogP contribution in [0.3, 0.4) is 0 Å². The SMILES string of the molecule is O=C(N/N=C\[C@@H]1C[C@H]2CC[C@@H]1C2)c1sc2ccccc2c1Cl. The van der Waals surface area contributed by atoms with Crippen molar-refractivity contribution in [2.45, 2.75) is 25.7 Å². The minimum atomic E-state index is -0.217. The zero-order valence-electron chi connectivity index (χ0n) is 12.1. The molecular formula is C17H17ClN2OS. The minimum absolute atomic E-state index is 0.217. The van der Waals surface area contributed by atoms with Gasteiger partial charge in [0.2, 0.25) is 0 Å². The summed E-state index contributed by atoms with van der Waals surface area (Å²) in [5, 5.41) is 5.63. The number of nitrogens with one attached hydrogen (secondary N) is 1. The molecule has 114 valence electrons. The number of hydrogen-bond acceptors (Lipinski definition) is 3. The monoisotopic (exact) mass is 332 g/mol. The van der Waals surface area contributed by atoms with Crippen LogP contribution in [0.4, 0.5) is 0 Å². The standard InChI is InChI=1S/C17H17ClN2OS/c18-15-13-3-1-2-4-14(13)22-16(15)17(21)20-19-9-12-8-10-5-6-11(12)7-10/h1-4,9-12H,5-8H2,(H,20,21)/b19-9-/t10-,11+,12-/m0/s1. The predicted molar refractivity (Wildman–Crippen MR) is 91.7 cm³/mol. The predicted octanol–water partition coefficient (Wildman–Crippen LogP) is 4.71. The van der Waals surface area contributed by atoms with E-state index in [1.807, 2.05) is 30.5 Å². The maximum Gasteiger partial charge on any atom is 0.282 e. The smallest absolute Gasteiger partial charge is 0.266 e. The number of fused-ring (bicyclic) bond motifs is 3. The summed E-state index contributed by atoms with van der Waals surface area (Å²) >= 11 is 7.72. The number of carbonyl (C=O) groups excluding carboxylic acids is 1. The molecule has 0 unspecified atom stereocenters. The molecule has 3 atom stereocenters. The number of halogens is 1. The number of amides is 1. The van der Waals surface area contributed by atoms with Crippen molar-refractivity contribution in [3.05, 3.63) is 34.2 Å². The summed E-state index contributed by atoms with van der Waals surface area (Å²) < 4.78 is 1.02. The van der Waals surface area contributed by atoms with Crippen LogP contribution in [-0.2, 0) is 0 Å². The number of nitrogens with zero attached hydrogens (tertiary/aromatic N) is 1. The second kappa shape index (κ2) is 5.67. The van der Waals surface area contributed by atoms with Gasteiger partial charge in [0.05, 0.1) is 5.02 Å². The molecule has 0 saturated heterocycles. The normalized spacial score (nSPS) is 27.0. The van der Waals surface area contributed by atoms with Crippen LogP contribution < -0.4 is 5.43 Å². The van der Waals surface area contributed by atoms with Gasteiger partial charge in [0.25, 0.3) is 5.91 Å². The molecular weight excluding hydrogens is 316 g/mol. The fraction of sp³-hybridized carbons (Fsp3) is 0.412. The summed E-state index contributed by atoms with van der Waals surface area (Å²) in [6, 6.07) is 7.78. The topological polar surface area (TPSA) is 41.5 Å². The molecule has 1 amide bonds. The van der Waals surface area contributed by atoms with Gasteiger partial charge >= 0.3 is 0 Å². The van der Waals surface area contributed by atoms with Crippen LogP contribution in [0.15, 0.2) is 29.4 Å². The van der Waals surface area contributed by atoms with Crippen LogP contribution in [0, 0.1) is 17.8 Å². The van der Waals surface area contributed by atoms with Gasteiger partial charge in [-0.15, -0.1) is 11.3 Å². The van der Waals surface area contributed by atoms with Gasteiger partial charge in [-0.1, -0.05) is 36.2 Å². The molecule has 3 nitrogen and oxygen atoms in total. The molecule has 4 rings (SSSR count). The number of benzene rings is 1. The van der Waals surface area contributed by atoms with Crippen molar-refractivity contribution in [1.82, 2.24) is 5.43 Å². The molecule has 2 fully saturated rings. The second-order valence-electron chi connectivity index (χ2n) is 6.30. The Morgan fingerprint density at radius 3 is 2.91 bits per heavy atom. The van der Waals surface area contributed by atoms with E-state index >= 15 is 0 Å². The van der Waals surface area contributed by atoms with Gasteiger partial charge in [-0.2, -0.15) is 5.10 Å². The lowest BCUT2D eigenvalue weighted by molar-refractivity contribution is 0.0959. The second-order valence-corrected chi connectivity index (χ2v) is 7.73. The van der Waals surface area contributed by atoms with Crippen molar-refractivity contribution in [3.63, 3.8) is 0 Å². The van der Waals surface area contributed by atoms with Crippen molar-refractivity contribution in [2.24, 2.45) is 22.9 Å². The summed E-state index contributed by atoms with van der Waals surface area (Å²) in [5.74, 6) is 1.98. The molecule has 22 heavy (non-hydrogen) atoms. The number of hydrazone groups is 1. The molecule has 2 aromatic rings. The van der Waals surface area contributed by atoms with Gasteiger partial charge in [-0.05, 0) is 43.1 Å². The Labute approximate surface area is 138 Å². The van der Waals surface area contributed by atoms with Crippen LogP contribution in [0.5, 0.6) is 0 Å². The molecule has 2 bridgehead atoms. The van der Waals surface area contributed by atoms with E-state index in [-0.39, 0.29) is 5.91 Å². The summed E-state index contributed by atoms with van der Waals surface area (Å²) in [7, 11) is 0. The van der Waals surface area contributed by atoms with E-state index in [4.69, 9.17) is 11.6 Å². The third-order valence-electron chi connectivity index (χ3n) is 4.97. The van der Waals surface area contributed by atoms with Crippen LogP contribution in [-0.4, -0.2) is 12.1 Å². The van der Waals surface area contributed by atoms with E-state index in [2.05, 4.69) is 10.5 Å². The van der Waals surface area contributed by atoms with Crippen molar-refractivity contribution < 1.29 is 4.79 Å². The lowest BCUT2D eigenvalue weighted by Crippen LogP contribution is -2.19. The Hall–Kier alpha value is -1.39. The maximum atomic E-state index is 12.3. The molecule has 5 heteroatoms. The fourth-order valence-electron chi connectivity index (χ4n) is 3.88. The number of hydrogen-bond donors (Lipinski definition) is 1. The molecule has 2 aliphatic carbocycles. The van der Waals surface area contributed by atoms with E-state index < -0.39 is 0 Å². The van der Waals surface area contributed by atoms with E-state index in [0.717, 1.165) is 21.9 Å². The van der Waals surface area contributed by atoms with Crippen LogP contribution in [0.1, 0.15) is 35.4 Å².